The maximum absolute atomic E-state index is 12.9. The molecule has 0 aliphatic carbocycles. The Morgan fingerprint density at radius 2 is 1.67 bits per heavy atom. The van der Waals surface area contributed by atoms with Crippen LogP contribution in [0.25, 0.3) is 10.8 Å². The van der Waals surface area contributed by atoms with Crippen molar-refractivity contribution in [2.24, 2.45) is 5.41 Å². The van der Waals surface area contributed by atoms with Gasteiger partial charge in [0.2, 0.25) is 5.78 Å². The molecular weight excluding hydrogens is 577 g/mol. The Morgan fingerprint density at radius 1 is 1.03 bits per heavy atom. The zero-order valence-corrected chi connectivity index (χ0v) is 22.9. The Labute approximate surface area is 228 Å². The normalized spacial score (nSPS) is 12.9. The van der Waals surface area contributed by atoms with Crippen molar-refractivity contribution in [3.63, 3.8) is 0 Å². The lowest BCUT2D eigenvalue weighted by Gasteiger charge is -2.26. The molecule has 0 radical (unpaired) electrons. The molecule has 0 fully saturated rings. The van der Waals surface area contributed by atoms with Gasteiger partial charge in [0.1, 0.15) is 34.0 Å². The van der Waals surface area contributed by atoms with Gasteiger partial charge in [0.05, 0.1) is 0 Å². The first-order valence-corrected chi connectivity index (χ1v) is 14.4. The van der Waals surface area contributed by atoms with Gasteiger partial charge in [-0.05, 0) is 35.7 Å². The maximum atomic E-state index is 12.9. The molecular formula is C24H23ClFN3O8S2. The highest BCUT2D eigenvalue weighted by Crippen LogP contribution is 2.30. The number of aromatic nitrogens is 3. The number of hydrogen-bond donors (Lipinski definition) is 2. The van der Waals surface area contributed by atoms with Crippen LogP contribution in [0.15, 0.2) is 83.1 Å². The van der Waals surface area contributed by atoms with Crippen molar-refractivity contribution >= 4 is 48.4 Å². The van der Waals surface area contributed by atoms with Crippen LogP contribution >= 0.6 is 11.6 Å². The average Bonchev–Trinajstić information content (AvgIpc) is 3.41. The standard InChI is InChI=1S/C14H15ClFN3O2.C10H8O6S2/c1-14(2,7-15)12(20)13(19-9-17-8-18-19)21-11-5-3-10(16)4-6-11;11-17(12,13)9-6-5-7-3-1-2-4-8(7)10(9)18(14,15)16/h3-6,8-9,13H,7H2,1-2H3;1-6H,(H,11,12,13)(H,14,15,16). The number of benzene rings is 3. The van der Waals surface area contributed by atoms with E-state index in [1.165, 1.54) is 59.8 Å². The zero-order chi connectivity index (χ0) is 29.0. The summed E-state index contributed by atoms with van der Waals surface area (Å²) in [5.74, 6) is -0.126. The van der Waals surface area contributed by atoms with Gasteiger partial charge in [0, 0.05) is 16.7 Å². The summed E-state index contributed by atoms with van der Waals surface area (Å²) in [6, 6.07) is 13.7. The molecule has 0 aliphatic rings. The summed E-state index contributed by atoms with van der Waals surface area (Å²) in [6.45, 7) is 3.45. The minimum atomic E-state index is -4.78. The molecule has 0 saturated carbocycles. The fourth-order valence-electron chi connectivity index (χ4n) is 3.30. The minimum Gasteiger partial charge on any atom is -0.461 e. The van der Waals surface area contributed by atoms with E-state index in [-0.39, 0.29) is 22.9 Å². The molecule has 0 amide bonds. The number of Topliss-reactive ketones (excluding diaryl/α,β-unsaturated/α-hetero) is 1. The van der Waals surface area contributed by atoms with Crippen molar-refractivity contribution in [3.8, 4) is 5.75 Å². The van der Waals surface area contributed by atoms with Crippen LogP contribution < -0.4 is 4.74 Å². The number of hydrogen-bond acceptors (Lipinski definition) is 8. The Bertz CT molecular complexity index is 1680. The average molecular weight is 600 g/mol. The summed E-state index contributed by atoms with van der Waals surface area (Å²) in [5.41, 5.74) is -0.793. The third-order valence-electron chi connectivity index (χ3n) is 5.34. The van der Waals surface area contributed by atoms with Crippen LogP contribution in [0.2, 0.25) is 0 Å². The van der Waals surface area contributed by atoms with E-state index < -0.39 is 41.7 Å². The number of nitrogens with zero attached hydrogens (tertiary/aromatic N) is 3. The highest BCUT2D eigenvalue weighted by molar-refractivity contribution is 7.89. The molecule has 11 nitrogen and oxygen atoms in total. The molecule has 208 valence electrons. The number of carbonyl (C=O) groups is 1. The molecule has 1 atom stereocenters. The number of fused-ring (bicyclic) bond motifs is 1. The monoisotopic (exact) mass is 599 g/mol. The van der Waals surface area contributed by atoms with Crippen LogP contribution in [-0.2, 0) is 25.0 Å². The van der Waals surface area contributed by atoms with E-state index >= 15 is 0 Å². The van der Waals surface area contributed by atoms with Gasteiger partial charge in [-0.25, -0.2) is 14.1 Å². The predicted octanol–water partition coefficient (Wildman–Crippen LogP) is 4.16. The second-order valence-electron chi connectivity index (χ2n) is 8.75. The molecule has 2 N–H and O–H groups in total. The van der Waals surface area contributed by atoms with Gasteiger partial charge < -0.3 is 4.74 Å². The first-order chi connectivity index (χ1) is 18.1. The van der Waals surface area contributed by atoms with Crippen molar-refractivity contribution in [2.75, 3.05) is 5.88 Å². The van der Waals surface area contributed by atoms with Crippen molar-refractivity contribution in [3.05, 3.63) is 79.1 Å². The van der Waals surface area contributed by atoms with E-state index in [0.717, 1.165) is 6.07 Å². The van der Waals surface area contributed by atoms with Gasteiger partial charge in [0.25, 0.3) is 26.5 Å². The lowest BCUT2D eigenvalue weighted by molar-refractivity contribution is -0.138. The summed E-state index contributed by atoms with van der Waals surface area (Å²) in [5, 5.41) is 4.39. The molecule has 39 heavy (non-hydrogen) atoms. The van der Waals surface area contributed by atoms with E-state index in [1.54, 1.807) is 26.0 Å². The molecule has 15 heteroatoms. The van der Waals surface area contributed by atoms with E-state index in [2.05, 4.69) is 10.1 Å². The first-order valence-electron chi connectivity index (χ1n) is 11.0. The van der Waals surface area contributed by atoms with Crippen molar-refractivity contribution < 1.29 is 39.9 Å². The van der Waals surface area contributed by atoms with Crippen LogP contribution in [0.3, 0.4) is 0 Å². The highest BCUT2D eigenvalue weighted by Gasteiger charge is 2.36. The van der Waals surface area contributed by atoms with E-state index in [4.69, 9.17) is 25.4 Å². The van der Waals surface area contributed by atoms with Gasteiger partial charge in [-0.1, -0.05) is 44.2 Å². The quantitative estimate of drug-likeness (QED) is 0.222. The molecule has 0 bridgehead atoms. The smallest absolute Gasteiger partial charge is 0.296 e. The SMILES string of the molecule is CC(C)(CCl)C(=O)C(Oc1ccc(F)cc1)n1cncn1.O=S(=O)(O)c1ccc2ccccc2c1S(=O)(=O)O. The number of halogens is 2. The fourth-order valence-corrected chi connectivity index (χ4v) is 5.43. The Balaban J connectivity index is 0.000000218. The maximum Gasteiger partial charge on any atom is 0.296 e. The summed E-state index contributed by atoms with van der Waals surface area (Å²) in [6.07, 6.45) is 1.69. The molecule has 1 unspecified atom stereocenters. The van der Waals surface area contributed by atoms with Gasteiger partial charge >= 0.3 is 0 Å². The topological polar surface area (TPSA) is 166 Å². The number of alkyl halides is 1. The van der Waals surface area contributed by atoms with Gasteiger partial charge in [0.15, 0.2) is 0 Å². The number of carbonyl (C=O) groups excluding carboxylic acids is 1. The molecule has 3 aromatic carbocycles. The van der Waals surface area contributed by atoms with E-state index in [1.807, 2.05) is 0 Å². The predicted molar refractivity (Wildman–Crippen MR) is 139 cm³/mol. The van der Waals surface area contributed by atoms with Crippen LogP contribution in [0.5, 0.6) is 5.75 Å². The Morgan fingerprint density at radius 3 is 2.21 bits per heavy atom. The van der Waals surface area contributed by atoms with Crippen molar-refractivity contribution in [2.45, 2.75) is 29.9 Å². The number of ether oxygens (including phenoxy) is 1. The third kappa shape index (κ3) is 7.36. The molecule has 0 saturated heterocycles. The summed E-state index contributed by atoms with van der Waals surface area (Å²) in [4.78, 5) is 14.7. The van der Waals surface area contributed by atoms with Gasteiger partial charge in [-0.15, -0.1) is 11.6 Å². The largest absolute Gasteiger partial charge is 0.461 e. The Kier molecular flexibility index (Phi) is 9.08. The summed E-state index contributed by atoms with van der Waals surface area (Å²) < 4.78 is 82.8. The molecule has 1 aromatic heterocycles. The number of rotatable bonds is 8. The minimum absolute atomic E-state index is 0.0233. The van der Waals surface area contributed by atoms with Crippen LogP contribution in [0.4, 0.5) is 4.39 Å². The van der Waals surface area contributed by atoms with Crippen LogP contribution in [0.1, 0.15) is 20.1 Å². The van der Waals surface area contributed by atoms with Gasteiger partial charge in [-0.3, -0.25) is 13.9 Å². The summed E-state index contributed by atoms with van der Waals surface area (Å²) >= 11 is 5.85. The molecule has 4 aromatic rings. The van der Waals surface area contributed by atoms with Crippen molar-refractivity contribution in [1.82, 2.24) is 14.8 Å². The van der Waals surface area contributed by atoms with E-state index in [9.17, 15) is 26.0 Å². The number of ketones is 1. The highest BCUT2D eigenvalue weighted by atomic mass is 35.5. The Hall–Kier alpha value is -3.43. The van der Waals surface area contributed by atoms with Crippen LogP contribution in [0, 0.1) is 11.2 Å². The van der Waals surface area contributed by atoms with E-state index in [0.29, 0.717) is 11.1 Å². The lowest BCUT2D eigenvalue weighted by Crippen LogP contribution is -2.37. The first kappa shape index (κ1) is 30.1. The zero-order valence-electron chi connectivity index (χ0n) is 20.5. The molecule has 1 heterocycles. The third-order valence-corrected chi connectivity index (χ3v) is 7.99. The lowest BCUT2D eigenvalue weighted by atomic mass is 9.89. The second kappa shape index (κ2) is 11.8. The molecule has 0 spiro atoms. The van der Waals surface area contributed by atoms with Crippen LogP contribution in [-0.4, -0.2) is 52.4 Å². The molecule has 0 aliphatic heterocycles. The van der Waals surface area contributed by atoms with Gasteiger partial charge in [-0.2, -0.15) is 21.9 Å². The molecule has 4 rings (SSSR count). The van der Waals surface area contributed by atoms with Crippen molar-refractivity contribution in [1.29, 1.82) is 0 Å². The summed E-state index contributed by atoms with van der Waals surface area (Å²) in [7, 11) is -9.53. The second-order valence-corrected chi connectivity index (χ2v) is 11.8. The fraction of sp³-hybridized carbons (Fsp3) is 0.208.